The zero-order valence-corrected chi connectivity index (χ0v) is 18.7. The topological polar surface area (TPSA) is 95.3 Å². The molecule has 8 nitrogen and oxygen atoms in total. The smallest absolute Gasteiger partial charge is 0.272 e. The van der Waals surface area contributed by atoms with E-state index >= 15 is 0 Å². The van der Waals surface area contributed by atoms with Crippen molar-refractivity contribution < 1.29 is 14.3 Å². The van der Waals surface area contributed by atoms with Gasteiger partial charge in [-0.05, 0) is 32.4 Å². The summed E-state index contributed by atoms with van der Waals surface area (Å²) in [5.41, 5.74) is 2.82. The highest BCUT2D eigenvalue weighted by atomic mass is 32.1. The number of amides is 1. The highest BCUT2D eigenvalue weighted by Crippen LogP contribution is 2.32. The van der Waals surface area contributed by atoms with Gasteiger partial charge in [0.15, 0.2) is 0 Å². The molecule has 0 aliphatic carbocycles. The van der Waals surface area contributed by atoms with Crippen molar-refractivity contribution in [3.05, 3.63) is 51.7 Å². The van der Waals surface area contributed by atoms with E-state index in [0.29, 0.717) is 33.2 Å². The van der Waals surface area contributed by atoms with Crippen molar-refractivity contribution in [2.45, 2.75) is 27.3 Å². The van der Waals surface area contributed by atoms with Crippen molar-refractivity contribution in [3.8, 4) is 11.5 Å². The minimum absolute atomic E-state index is 0.160. The summed E-state index contributed by atoms with van der Waals surface area (Å²) < 4.78 is 12.3. The van der Waals surface area contributed by atoms with Crippen LogP contribution in [0.2, 0.25) is 0 Å². The number of carbonyl (C=O) groups excluding carboxylic acids is 1. The standard InChI is InChI=1S/C22H22N4O4S/c1-11-6-12(2)23-21-18(11)19-20(31-21)22(28)26(13(3)24-19)10-17(27)25-14-7-15(29-4)9-16(8-14)30-5/h6-9H,10H2,1-5H3,(H,25,27). The SMILES string of the molecule is COc1cc(NC(=O)Cn2c(C)nc3c(sc4nc(C)cc(C)c43)c2=O)cc(OC)c1. The van der Waals surface area contributed by atoms with E-state index in [1.807, 2.05) is 19.9 Å². The number of carbonyl (C=O) groups is 1. The normalized spacial score (nSPS) is 11.1. The van der Waals surface area contributed by atoms with E-state index in [9.17, 15) is 9.59 Å². The largest absolute Gasteiger partial charge is 0.497 e. The van der Waals surface area contributed by atoms with Gasteiger partial charge >= 0.3 is 0 Å². The number of fused-ring (bicyclic) bond motifs is 3. The monoisotopic (exact) mass is 438 g/mol. The minimum Gasteiger partial charge on any atom is -0.497 e. The average Bonchev–Trinajstić information content (AvgIpc) is 3.09. The quantitative estimate of drug-likeness (QED) is 0.512. The second kappa shape index (κ2) is 7.99. The van der Waals surface area contributed by atoms with Gasteiger partial charge in [-0.25, -0.2) is 9.97 Å². The van der Waals surface area contributed by atoms with Crippen LogP contribution in [0.3, 0.4) is 0 Å². The molecule has 1 amide bonds. The van der Waals surface area contributed by atoms with E-state index in [1.54, 1.807) is 25.1 Å². The van der Waals surface area contributed by atoms with Gasteiger partial charge < -0.3 is 14.8 Å². The molecular formula is C22H22N4O4S. The van der Waals surface area contributed by atoms with Crippen molar-refractivity contribution in [1.29, 1.82) is 0 Å². The van der Waals surface area contributed by atoms with Crippen molar-refractivity contribution in [3.63, 3.8) is 0 Å². The molecule has 3 heterocycles. The Hall–Kier alpha value is -3.46. The average molecular weight is 439 g/mol. The number of aryl methyl sites for hydroxylation is 3. The molecule has 0 saturated heterocycles. The van der Waals surface area contributed by atoms with Crippen LogP contribution in [0.25, 0.3) is 20.4 Å². The summed E-state index contributed by atoms with van der Waals surface area (Å²) >= 11 is 1.31. The number of methoxy groups -OCH3 is 2. The first-order valence-corrected chi connectivity index (χ1v) is 10.4. The van der Waals surface area contributed by atoms with E-state index in [0.717, 1.165) is 21.5 Å². The number of hydrogen-bond donors (Lipinski definition) is 1. The third kappa shape index (κ3) is 3.84. The van der Waals surface area contributed by atoms with Crippen molar-refractivity contribution in [2.24, 2.45) is 0 Å². The molecule has 0 saturated carbocycles. The fourth-order valence-corrected chi connectivity index (χ4v) is 4.76. The van der Waals surface area contributed by atoms with Gasteiger partial charge in [0.25, 0.3) is 5.56 Å². The van der Waals surface area contributed by atoms with Gasteiger partial charge in [0, 0.05) is 35.0 Å². The first-order valence-electron chi connectivity index (χ1n) is 9.61. The summed E-state index contributed by atoms with van der Waals surface area (Å²) in [7, 11) is 3.07. The van der Waals surface area contributed by atoms with Crippen LogP contribution >= 0.6 is 11.3 Å². The summed E-state index contributed by atoms with van der Waals surface area (Å²) in [6.45, 7) is 5.48. The van der Waals surface area contributed by atoms with Crippen LogP contribution < -0.4 is 20.3 Å². The summed E-state index contributed by atoms with van der Waals surface area (Å²) in [6, 6.07) is 7.05. The first-order chi connectivity index (χ1) is 14.8. The summed E-state index contributed by atoms with van der Waals surface area (Å²) in [5, 5.41) is 3.68. The molecule has 0 fully saturated rings. The Morgan fingerprint density at radius 3 is 2.39 bits per heavy atom. The summed E-state index contributed by atoms with van der Waals surface area (Å²) in [4.78, 5) is 35.9. The van der Waals surface area contributed by atoms with E-state index < -0.39 is 0 Å². The van der Waals surface area contributed by atoms with E-state index in [4.69, 9.17) is 9.47 Å². The number of benzene rings is 1. The van der Waals surface area contributed by atoms with Crippen LogP contribution in [0.1, 0.15) is 17.1 Å². The molecule has 0 spiro atoms. The molecule has 0 radical (unpaired) electrons. The van der Waals surface area contributed by atoms with Crippen molar-refractivity contribution in [1.82, 2.24) is 14.5 Å². The zero-order chi connectivity index (χ0) is 22.3. The lowest BCUT2D eigenvalue weighted by molar-refractivity contribution is -0.116. The maximum atomic E-state index is 13.2. The Morgan fingerprint density at radius 2 is 1.74 bits per heavy atom. The molecule has 0 aliphatic heterocycles. The molecule has 9 heteroatoms. The number of rotatable bonds is 5. The molecule has 4 rings (SSSR count). The maximum Gasteiger partial charge on any atom is 0.272 e. The van der Waals surface area contributed by atoms with Crippen LogP contribution in [-0.4, -0.2) is 34.7 Å². The van der Waals surface area contributed by atoms with Gasteiger partial charge in [-0.2, -0.15) is 0 Å². The Labute approximate surface area is 182 Å². The van der Waals surface area contributed by atoms with Gasteiger partial charge in [-0.1, -0.05) is 0 Å². The number of aromatic nitrogens is 3. The van der Waals surface area contributed by atoms with E-state index in [1.165, 1.54) is 30.1 Å². The van der Waals surface area contributed by atoms with Crippen LogP contribution in [-0.2, 0) is 11.3 Å². The first kappa shape index (κ1) is 20.8. The molecule has 0 atom stereocenters. The van der Waals surface area contributed by atoms with Gasteiger partial charge in [-0.15, -0.1) is 11.3 Å². The molecule has 4 aromatic rings. The fourth-order valence-electron chi connectivity index (χ4n) is 3.58. The van der Waals surface area contributed by atoms with Crippen molar-refractivity contribution in [2.75, 3.05) is 19.5 Å². The highest BCUT2D eigenvalue weighted by molar-refractivity contribution is 7.25. The molecule has 0 aliphatic rings. The number of nitrogens with zero attached hydrogens (tertiary/aromatic N) is 3. The van der Waals surface area contributed by atoms with Gasteiger partial charge in [0.05, 0.1) is 19.7 Å². The van der Waals surface area contributed by atoms with E-state index in [-0.39, 0.29) is 18.0 Å². The molecule has 1 N–H and O–H groups in total. The second-order valence-electron chi connectivity index (χ2n) is 7.24. The summed E-state index contributed by atoms with van der Waals surface area (Å²) in [5.74, 6) is 1.22. The number of thiophene rings is 1. The Bertz CT molecular complexity index is 1370. The number of anilines is 1. The number of pyridine rings is 1. The molecule has 0 unspecified atom stereocenters. The minimum atomic E-state index is -0.354. The third-order valence-corrected chi connectivity index (χ3v) is 6.06. The molecule has 1 aromatic carbocycles. The van der Waals surface area contributed by atoms with Gasteiger partial charge in [-0.3, -0.25) is 14.2 Å². The van der Waals surface area contributed by atoms with Crippen LogP contribution in [0.5, 0.6) is 11.5 Å². The highest BCUT2D eigenvalue weighted by Gasteiger charge is 2.18. The van der Waals surface area contributed by atoms with Crippen LogP contribution in [0.4, 0.5) is 5.69 Å². The van der Waals surface area contributed by atoms with Gasteiger partial charge in [0.2, 0.25) is 5.91 Å². The Balaban J connectivity index is 1.70. The maximum absolute atomic E-state index is 13.2. The third-order valence-electron chi connectivity index (χ3n) is 5.00. The molecule has 3 aromatic heterocycles. The van der Waals surface area contributed by atoms with Gasteiger partial charge in [0.1, 0.15) is 33.4 Å². The molecule has 160 valence electrons. The lowest BCUT2D eigenvalue weighted by Crippen LogP contribution is -2.29. The lowest BCUT2D eigenvalue weighted by Gasteiger charge is -2.12. The number of nitrogens with one attached hydrogen (secondary N) is 1. The zero-order valence-electron chi connectivity index (χ0n) is 17.9. The Kier molecular flexibility index (Phi) is 5.36. The lowest BCUT2D eigenvalue weighted by atomic mass is 10.1. The molecule has 31 heavy (non-hydrogen) atoms. The summed E-state index contributed by atoms with van der Waals surface area (Å²) in [6.07, 6.45) is 0. The van der Waals surface area contributed by atoms with Crippen LogP contribution in [0.15, 0.2) is 29.1 Å². The Morgan fingerprint density at radius 1 is 1.06 bits per heavy atom. The number of ether oxygens (including phenoxy) is 2. The number of hydrogen-bond acceptors (Lipinski definition) is 7. The fraction of sp³-hybridized carbons (Fsp3) is 0.273. The second-order valence-corrected chi connectivity index (χ2v) is 8.24. The molecular weight excluding hydrogens is 416 g/mol. The van der Waals surface area contributed by atoms with Crippen molar-refractivity contribution >= 4 is 43.4 Å². The van der Waals surface area contributed by atoms with E-state index in [2.05, 4.69) is 15.3 Å². The predicted molar refractivity (Wildman–Crippen MR) is 122 cm³/mol. The van der Waals surface area contributed by atoms with Crippen LogP contribution in [0, 0.1) is 20.8 Å². The predicted octanol–water partition coefficient (Wildman–Crippen LogP) is 3.59. The molecule has 0 bridgehead atoms.